The summed E-state index contributed by atoms with van der Waals surface area (Å²) in [7, 11) is 1.65. The zero-order chi connectivity index (χ0) is 15.5. The van der Waals surface area contributed by atoms with Crippen LogP contribution in [0.25, 0.3) is 0 Å². The topological polar surface area (TPSA) is 59.7 Å². The minimum Gasteiger partial charge on any atom is -0.352 e. The van der Waals surface area contributed by atoms with Crippen LogP contribution in [0.1, 0.15) is 25.0 Å². The van der Waals surface area contributed by atoms with Crippen molar-refractivity contribution in [3.05, 3.63) is 30.2 Å². The van der Waals surface area contributed by atoms with Crippen molar-refractivity contribution in [3.63, 3.8) is 0 Å². The van der Waals surface area contributed by atoms with Gasteiger partial charge in [-0.3, -0.25) is 0 Å². The van der Waals surface area contributed by atoms with Crippen LogP contribution in [0, 0.1) is 0 Å². The van der Waals surface area contributed by atoms with Crippen molar-refractivity contribution >= 4 is 5.82 Å². The van der Waals surface area contributed by atoms with Crippen molar-refractivity contribution in [2.24, 2.45) is 0 Å². The quantitative estimate of drug-likeness (QED) is 0.846. The number of halogens is 3. The standard InChI is InChI=1S/C12H15F3N6/c1-3-6-21-8-17-19-10(21)7-20(2)9-4-5-16-11(18-9)12(13,14)15/h4-5,8H,3,6-7H2,1-2H3. The van der Waals surface area contributed by atoms with Gasteiger partial charge in [0.05, 0.1) is 6.54 Å². The van der Waals surface area contributed by atoms with E-state index in [0.717, 1.165) is 19.2 Å². The van der Waals surface area contributed by atoms with E-state index in [1.807, 2.05) is 11.5 Å². The predicted octanol–water partition coefficient (Wildman–Crippen LogP) is 2.13. The van der Waals surface area contributed by atoms with Crippen LogP contribution in [-0.2, 0) is 19.3 Å². The molecule has 0 atom stereocenters. The van der Waals surface area contributed by atoms with Crippen LogP contribution in [0.3, 0.4) is 0 Å². The maximum atomic E-state index is 12.6. The lowest BCUT2D eigenvalue weighted by Crippen LogP contribution is -2.22. The van der Waals surface area contributed by atoms with Gasteiger partial charge in [-0.25, -0.2) is 9.97 Å². The average molecular weight is 300 g/mol. The number of rotatable bonds is 5. The molecule has 0 amide bonds. The Bertz CT molecular complexity index is 595. The molecule has 2 aromatic rings. The Labute approximate surface area is 119 Å². The maximum Gasteiger partial charge on any atom is 0.451 e. The van der Waals surface area contributed by atoms with Gasteiger partial charge in [0, 0.05) is 19.8 Å². The highest BCUT2D eigenvalue weighted by Crippen LogP contribution is 2.27. The highest BCUT2D eigenvalue weighted by molar-refractivity contribution is 5.36. The second-order valence-electron chi connectivity index (χ2n) is 4.53. The van der Waals surface area contributed by atoms with Crippen LogP contribution in [0.2, 0.25) is 0 Å². The second-order valence-corrected chi connectivity index (χ2v) is 4.53. The Morgan fingerprint density at radius 1 is 1.33 bits per heavy atom. The number of nitrogens with zero attached hydrogens (tertiary/aromatic N) is 6. The number of anilines is 1. The molecule has 0 bridgehead atoms. The molecule has 9 heteroatoms. The van der Waals surface area contributed by atoms with Gasteiger partial charge in [0.2, 0.25) is 5.82 Å². The van der Waals surface area contributed by atoms with Gasteiger partial charge in [-0.05, 0) is 12.5 Å². The Kier molecular flexibility index (Phi) is 4.39. The van der Waals surface area contributed by atoms with E-state index >= 15 is 0 Å². The smallest absolute Gasteiger partial charge is 0.352 e. The minimum absolute atomic E-state index is 0.184. The molecule has 0 aliphatic carbocycles. The van der Waals surface area contributed by atoms with Gasteiger partial charge in [-0.2, -0.15) is 13.2 Å². The summed E-state index contributed by atoms with van der Waals surface area (Å²) in [5.74, 6) is -0.295. The van der Waals surface area contributed by atoms with E-state index in [-0.39, 0.29) is 5.82 Å². The first-order valence-corrected chi connectivity index (χ1v) is 6.40. The zero-order valence-corrected chi connectivity index (χ0v) is 11.7. The zero-order valence-electron chi connectivity index (χ0n) is 11.7. The lowest BCUT2D eigenvalue weighted by Gasteiger charge is -2.18. The van der Waals surface area contributed by atoms with E-state index in [0.29, 0.717) is 12.4 Å². The first kappa shape index (κ1) is 15.2. The minimum atomic E-state index is -4.56. The van der Waals surface area contributed by atoms with Gasteiger partial charge >= 0.3 is 6.18 Å². The first-order chi connectivity index (χ1) is 9.91. The van der Waals surface area contributed by atoms with Crippen molar-refractivity contribution in [1.82, 2.24) is 24.7 Å². The van der Waals surface area contributed by atoms with Crippen LogP contribution in [-0.4, -0.2) is 31.8 Å². The van der Waals surface area contributed by atoms with E-state index in [2.05, 4.69) is 20.2 Å². The van der Waals surface area contributed by atoms with E-state index < -0.39 is 12.0 Å². The summed E-state index contributed by atoms with van der Waals surface area (Å²) in [6.07, 6.45) is -0.939. The summed E-state index contributed by atoms with van der Waals surface area (Å²) in [5.41, 5.74) is 0. The Morgan fingerprint density at radius 2 is 2.10 bits per heavy atom. The molecule has 0 N–H and O–H groups in total. The molecule has 0 spiro atoms. The average Bonchev–Trinajstić information content (AvgIpc) is 2.86. The number of aryl methyl sites for hydroxylation is 1. The number of hydrogen-bond donors (Lipinski definition) is 0. The third-order valence-electron chi connectivity index (χ3n) is 2.82. The number of aromatic nitrogens is 5. The molecule has 2 rings (SSSR count). The molecule has 0 saturated carbocycles. The van der Waals surface area contributed by atoms with Crippen molar-refractivity contribution < 1.29 is 13.2 Å². The molecule has 0 fully saturated rings. The molecule has 6 nitrogen and oxygen atoms in total. The molecular formula is C12H15F3N6. The second kappa shape index (κ2) is 6.06. The molecule has 0 saturated heterocycles. The van der Waals surface area contributed by atoms with Gasteiger partial charge in [-0.15, -0.1) is 10.2 Å². The third kappa shape index (κ3) is 3.67. The lowest BCUT2D eigenvalue weighted by molar-refractivity contribution is -0.144. The van der Waals surface area contributed by atoms with E-state index in [4.69, 9.17) is 0 Å². The SMILES string of the molecule is CCCn1cnnc1CN(C)c1ccnc(C(F)(F)F)n1. The summed E-state index contributed by atoms with van der Waals surface area (Å²) >= 11 is 0. The lowest BCUT2D eigenvalue weighted by atomic mass is 10.4. The van der Waals surface area contributed by atoms with Crippen LogP contribution in [0.4, 0.5) is 19.0 Å². The number of hydrogen-bond acceptors (Lipinski definition) is 5. The van der Waals surface area contributed by atoms with Gasteiger partial charge in [0.25, 0.3) is 0 Å². The van der Waals surface area contributed by atoms with E-state index in [9.17, 15) is 13.2 Å². The van der Waals surface area contributed by atoms with Crippen LogP contribution < -0.4 is 4.90 Å². The summed E-state index contributed by atoms with van der Waals surface area (Å²) in [6.45, 7) is 3.09. The van der Waals surface area contributed by atoms with E-state index in [1.165, 1.54) is 6.07 Å². The highest BCUT2D eigenvalue weighted by atomic mass is 19.4. The molecule has 2 heterocycles. The van der Waals surface area contributed by atoms with Gasteiger partial charge in [0.1, 0.15) is 12.1 Å². The van der Waals surface area contributed by atoms with Crippen molar-refractivity contribution in [2.45, 2.75) is 32.6 Å². The fraction of sp³-hybridized carbons (Fsp3) is 0.500. The third-order valence-corrected chi connectivity index (χ3v) is 2.82. The molecular weight excluding hydrogens is 285 g/mol. The molecule has 0 aliphatic rings. The highest BCUT2D eigenvalue weighted by Gasteiger charge is 2.34. The molecule has 0 aromatic carbocycles. The van der Waals surface area contributed by atoms with Crippen molar-refractivity contribution in [1.29, 1.82) is 0 Å². The number of alkyl halides is 3. The summed E-state index contributed by atoms with van der Waals surface area (Å²) in [6, 6.07) is 1.43. The summed E-state index contributed by atoms with van der Waals surface area (Å²) < 4.78 is 39.7. The van der Waals surface area contributed by atoms with Crippen LogP contribution in [0.15, 0.2) is 18.6 Å². The summed E-state index contributed by atoms with van der Waals surface area (Å²) in [5, 5.41) is 7.79. The fourth-order valence-electron chi connectivity index (χ4n) is 1.82. The normalized spacial score (nSPS) is 11.7. The predicted molar refractivity (Wildman–Crippen MR) is 69.5 cm³/mol. The molecule has 0 radical (unpaired) electrons. The monoisotopic (exact) mass is 300 g/mol. The molecule has 114 valence electrons. The van der Waals surface area contributed by atoms with Crippen molar-refractivity contribution in [2.75, 3.05) is 11.9 Å². The molecule has 2 aromatic heterocycles. The molecule has 0 unspecified atom stereocenters. The van der Waals surface area contributed by atoms with Crippen LogP contribution >= 0.6 is 0 Å². The summed E-state index contributed by atoms with van der Waals surface area (Å²) in [4.78, 5) is 8.35. The molecule has 21 heavy (non-hydrogen) atoms. The van der Waals surface area contributed by atoms with Crippen LogP contribution in [0.5, 0.6) is 0 Å². The largest absolute Gasteiger partial charge is 0.451 e. The Morgan fingerprint density at radius 3 is 2.76 bits per heavy atom. The fourth-order valence-corrected chi connectivity index (χ4v) is 1.82. The Hall–Kier alpha value is -2.19. The maximum absolute atomic E-state index is 12.6. The molecule has 0 aliphatic heterocycles. The van der Waals surface area contributed by atoms with Gasteiger partial charge < -0.3 is 9.47 Å². The first-order valence-electron chi connectivity index (χ1n) is 6.40. The Balaban J connectivity index is 2.16. The van der Waals surface area contributed by atoms with Gasteiger partial charge in [-0.1, -0.05) is 6.92 Å². The van der Waals surface area contributed by atoms with Crippen molar-refractivity contribution in [3.8, 4) is 0 Å². The van der Waals surface area contributed by atoms with Gasteiger partial charge in [0.15, 0.2) is 5.82 Å². The van der Waals surface area contributed by atoms with E-state index in [1.54, 1.807) is 18.3 Å².